The van der Waals surface area contributed by atoms with Crippen LogP contribution in [0, 0.1) is 5.41 Å². The van der Waals surface area contributed by atoms with Gasteiger partial charge in [0.15, 0.2) is 0 Å². The second kappa shape index (κ2) is 4.59. The van der Waals surface area contributed by atoms with Crippen LogP contribution in [0.5, 0.6) is 0 Å². The van der Waals surface area contributed by atoms with Crippen molar-refractivity contribution in [1.29, 1.82) is 0 Å². The largest absolute Gasteiger partial charge is 0.320 e. The van der Waals surface area contributed by atoms with Crippen molar-refractivity contribution in [2.45, 2.75) is 26.2 Å². The van der Waals surface area contributed by atoms with Crippen LogP contribution >= 0.6 is 0 Å². The molecule has 84 valence electrons. The Balaban J connectivity index is 2.20. The summed E-state index contributed by atoms with van der Waals surface area (Å²) in [5, 5.41) is 2.93. The van der Waals surface area contributed by atoms with Gasteiger partial charge in [0, 0.05) is 6.54 Å². The van der Waals surface area contributed by atoms with Crippen molar-refractivity contribution in [3.63, 3.8) is 0 Å². The predicted molar refractivity (Wildman–Crippen MR) is 57.7 cm³/mol. The topological polar surface area (TPSA) is 58.2 Å². The maximum atomic E-state index is 11.4. The molecule has 2 N–H and O–H groups in total. The highest BCUT2D eigenvalue weighted by Gasteiger charge is 2.37. The van der Waals surface area contributed by atoms with E-state index in [0.717, 1.165) is 19.4 Å². The molecule has 1 aliphatic carbocycles. The minimum absolute atomic E-state index is 0.226. The van der Waals surface area contributed by atoms with Crippen molar-refractivity contribution in [2.75, 3.05) is 25.9 Å². The lowest BCUT2D eigenvalue weighted by molar-refractivity contribution is 0.529. The number of hydrogen-bond acceptors (Lipinski definition) is 3. The van der Waals surface area contributed by atoms with E-state index in [-0.39, 0.29) is 11.2 Å². The molecular weight excluding hydrogens is 200 g/mol. The van der Waals surface area contributed by atoms with Gasteiger partial charge in [-0.3, -0.25) is 0 Å². The number of rotatable bonds is 7. The fraction of sp³-hybridized carbons (Fsp3) is 1.00. The van der Waals surface area contributed by atoms with Crippen LogP contribution in [0.2, 0.25) is 0 Å². The monoisotopic (exact) mass is 220 g/mol. The standard InChI is InChI=1S/C9H20N2O2S/c1-9(4-5-9)8-11-14(12,13)7-3-6-10-2/h10-11H,3-8H2,1-2H3. The first-order valence-electron chi connectivity index (χ1n) is 5.09. The van der Waals surface area contributed by atoms with E-state index in [1.807, 2.05) is 7.05 Å². The third-order valence-electron chi connectivity index (χ3n) is 2.66. The average molecular weight is 220 g/mol. The fourth-order valence-corrected chi connectivity index (χ4v) is 2.42. The molecule has 1 saturated carbocycles. The van der Waals surface area contributed by atoms with E-state index in [4.69, 9.17) is 0 Å². The molecule has 4 nitrogen and oxygen atoms in total. The molecule has 0 spiro atoms. The number of nitrogens with one attached hydrogen (secondary N) is 2. The van der Waals surface area contributed by atoms with Crippen LogP contribution in [0.15, 0.2) is 0 Å². The first-order valence-corrected chi connectivity index (χ1v) is 6.75. The van der Waals surface area contributed by atoms with Crippen LogP contribution in [-0.4, -0.2) is 34.3 Å². The van der Waals surface area contributed by atoms with E-state index < -0.39 is 10.0 Å². The van der Waals surface area contributed by atoms with Crippen molar-refractivity contribution in [2.24, 2.45) is 5.41 Å². The zero-order valence-electron chi connectivity index (χ0n) is 8.97. The lowest BCUT2D eigenvalue weighted by Gasteiger charge is -2.10. The third-order valence-corrected chi connectivity index (χ3v) is 4.07. The maximum absolute atomic E-state index is 11.4. The van der Waals surface area contributed by atoms with Gasteiger partial charge in [-0.25, -0.2) is 13.1 Å². The summed E-state index contributed by atoms with van der Waals surface area (Å²) in [7, 11) is -1.21. The molecule has 0 atom stereocenters. The van der Waals surface area contributed by atoms with Gasteiger partial charge in [0.25, 0.3) is 0 Å². The zero-order valence-corrected chi connectivity index (χ0v) is 9.78. The molecule has 1 fully saturated rings. The third kappa shape index (κ3) is 4.39. The summed E-state index contributed by atoms with van der Waals surface area (Å²) in [6.07, 6.45) is 2.96. The Hall–Kier alpha value is -0.130. The van der Waals surface area contributed by atoms with Gasteiger partial charge >= 0.3 is 0 Å². The van der Waals surface area contributed by atoms with E-state index in [0.29, 0.717) is 13.0 Å². The van der Waals surface area contributed by atoms with Crippen LogP contribution < -0.4 is 10.0 Å². The lowest BCUT2D eigenvalue weighted by atomic mass is 10.2. The van der Waals surface area contributed by atoms with Crippen LogP contribution in [-0.2, 0) is 10.0 Å². The Morgan fingerprint density at radius 2 is 2.00 bits per heavy atom. The Kier molecular flexibility index (Phi) is 3.92. The Bertz CT molecular complexity index is 271. The molecule has 0 saturated heterocycles. The van der Waals surface area contributed by atoms with E-state index >= 15 is 0 Å². The first-order chi connectivity index (χ1) is 6.47. The first kappa shape index (κ1) is 11.9. The zero-order chi connectivity index (χ0) is 10.7. The second-order valence-electron chi connectivity index (χ2n) is 4.41. The van der Waals surface area contributed by atoms with Gasteiger partial charge in [-0.15, -0.1) is 0 Å². The molecule has 0 aromatic carbocycles. The molecule has 1 aliphatic rings. The summed E-state index contributed by atoms with van der Waals surface area (Å²) in [6, 6.07) is 0. The molecule has 0 heterocycles. The van der Waals surface area contributed by atoms with Crippen LogP contribution in [0.1, 0.15) is 26.2 Å². The van der Waals surface area contributed by atoms with Gasteiger partial charge in [-0.1, -0.05) is 6.92 Å². The van der Waals surface area contributed by atoms with Crippen LogP contribution in [0.4, 0.5) is 0 Å². The lowest BCUT2D eigenvalue weighted by Crippen LogP contribution is -2.32. The van der Waals surface area contributed by atoms with Crippen LogP contribution in [0.25, 0.3) is 0 Å². The highest BCUT2D eigenvalue weighted by atomic mass is 32.2. The minimum atomic E-state index is -3.04. The summed E-state index contributed by atoms with van der Waals surface area (Å²) < 4.78 is 25.5. The minimum Gasteiger partial charge on any atom is -0.320 e. The molecule has 0 radical (unpaired) electrons. The Labute approximate surface area is 86.5 Å². The van der Waals surface area contributed by atoms with Crippen molar-refractivity contribution < 1.29 is 8.42 Å². The molecule has 14 heavy (non-hydrogen) atoms. The predicted octanol–water partition coefficient (Wildman–Crippen LogP) is 0.315. The molecule has 0 unspecified atom stereocenters. The molecule has 5 heteroatoms. The van der Waals surface area contributed by atoms with Gasteiger partial charge in [-0.2, -0.15) is 0 Å². The summed E-state index contributed by atoms with van der Waals surface area (Å²) in [5.41, 5.74) is 0.246. The van der Waals surface area contributed by atoms with Gasteiger partial charge in [0.05, 0.1) is 5.75 Å². The van der Waals surface area contributed by atoms with Crippen LogP contribution in [0.3, 0.4) is 0 Å². The van der Waals surface area contributed by atoms with E-state index in [1.54, 1.807) is 0 Å². The Morgan fingerprint density at radius 3 is 2.50 bits per heavy atom. The van der Waals surface area contributed by atoms with E-state index in [2.05, 4.69) is 17.0 Å². The molecule has 0 aliphatic heterocycles. The highest BCUT2D eigenvalue weighted by molar-refractivity contribution is 7.89. The summed E-state index contributed by atoms with van der Waals surface area (Å²) in [6.45, 7) is 3.47. The van der Waals surface area contributed by atoms with Gasteiger partial charge in [-0.05, 0) is 38.3 Å². The fourth-order valence-electron chi connectivity index (χ4n) is 1.19. The van der Waals surface area contributed by atoms with Crippen molar-refractivity contribution in [3.8, 4) is 0 Å². The van der Waals surface area contributed by atoms with Crippen molar-refractivity contribution in [1.82, 2.24) is 10.0 Å². The molecule has 0 amide bonds. The summed E-state index contributed by atoms with van der Waals surface area (Å²) in [5.74, 6) is 0.226. The molecular formula is C9H20N2O2S. The Morgan fingerprint density at radius 1 is 1.36 bits per heavy atom. The molecule has 0 aromatic rings. The van der Waals surface area contributed by atoms with Gasteiger partial charge in [0.2, 0.25) is 10.0 Å². The van der Waals surface area contributed by atoms with Gasteiger partial charge in [0.1, 0.15) is 0 Å². The highest BCUT2D eigenvalue weighted by Crippen LogP contribution is 2.44. The maximum Gasteiger partial charge on any atom is 0.211 e. The van der Waals surface area contributed by atoms with Crippen molar-refractivity contribution >= 4 is 10.0 Å². The number of sulfonamides is 1. The molecule has 1 rings (SSSR count). The van der Waals surface area contributed by atoms with Crippen molar-refractivity contribution in [3.05, 3.63) is 0 Å². The second-order valence-corrected chi connectivity index (χ2v) is 6.33. The smallest absolute Gasteiger partial charge is 0.211 e. The van der Waals surface area contributed by atoms with Gasteiger partial charge < -0.3 is 5.32 Å². The molecule has 0 bridgehead atoms. The SMILES string of the molecule is CNCCCS(=O)(=O)NCC1(C)CC1. The van der Waals surface area contributed by atoms with E-state index in [9.17, 15) is 8.42 Å². The van der Waals surface area contributed by atoms with E-state index in [1.165, 1.54) is 0 Å². The normalized spacial score (nSPS) is 19.6. The summed E-state index contributed by atoms with van der Waals surface area (Å²) >= 11 is 0. The average Bonchev–Trinajstić information content (AvgIpc) is 2.82. The summed E-state index contributed by atoms with van der Waals surface area (Å²) in [4.78, 5) is 0. The molecule has 0 aromatic heterocycles. The quantitative estimate of drug-likeness (QED) is 0.607. The number of hydrogen-bond donors (Lipinski definition) is 2.